The molecule has 0 aromatic carbocycles. The molecule has 4 aliphatic heterocycles. The number of nitrogens with one attached hydrogen (secondary N) is 11. The highest BCUT2D eigenvalue weighted by Crippen LogP contribution is 2.67. The molecule has 0 aromatic rings. The van der Waals surface area contributed by atoms with Crippen LogP contribution in [0, 0.1) is 109 Å². The van der Waals surface area contributed by atoms with Crippen molar-refractivity contribution in [2.45, 2.75) is 367 Å². The number of carbonyl (C=O) groups is 18. The van der Waals surface area contributed by atoms with Gasteiger partial charge in [-0.05, 0) is 181 Å². The number of amides is 15. The number of fused-ring (bicyclic) bond motifs is 3. The molecule has 4 saturated heterocycles. The smallest absolute Gasteiger partial charge is 0.329 e. The second-order valence-corrected chi connectivity index (χ2v) is 48.7. The van der Waals surface area contributed by atoms with Gasteiger partial charge in [0.2, 0.25) is 52.8 Å². The highest BCUT2D eigenvalue weighted by molar-refractivity contribution is 6.39. The van der Waals surface area contributed by atoms with E-state index in [0.717, 1.165) is 57.8 Å². The number of esters is 3. The first-order valence-corrected chi connectivity index (χ1v) is 51.3. The normalized spacial score (nSPS) is 25.0. The van der Waals surface area contributed by atoms with Gasteiger partial charge in [0.15, 0.2) is 0 Å². The molecule has 37 nitrogen and oxygen atoms in total. The third kappa shape index (κ3) is 28.5. The highest BCUT2D eigenvalue weighted by Gasteiger charge is 2.73. The van der Waals surface area contributed by atoms with Crippen molar-refractivity contribution < 1.29 is 105 Å². The van der Waals surface area contributed by atoms with Crippen LogP contribution in [0.3, 0.4) is 0 Å². The first-order chi connectivity index (χ1) is 65.3. The SMILES string of the molecule is C=CCNC(=O)C(=O)C(CCC)NC(=O)[C@@H]1[C@@H]2[C@H](CN1C(=O)[C@@H](NC(=O)N[C@H](C(=O)OC(C)(C)C1CC1)C(C)C)C(C)(C)C)C2(C)C.C=CCNC(=O)C(=O)C(CCCC)NC(=O)[C@@H]1[C@@H]2[C@H](CN1C(=O)[C@@H](NC(=O)N[C@H](C(=O)OC(C1CC1)C1CC1)C(C)C)C(C)(C)C)C2(C)C.CC(C)(C)[C@H](NC(=O)N[C@H](C(=O)N1C[C@H]2[C@@H]([C@H]1C(=O)NC(CC1CC1)C(=O)C(N)=O)C2(C)C)C(C)(C)C)C(=O)OC1CCOC1. The summed E-state index contributed by atoms with van der Waals surface area (Å²) in [5.41, 5.74) is 1.06. The zero-order valence-electron chi connectivity index (χ0n) is 88.5. The van der Waals surface area contributed by atoms with Gasteiger partial charge in [-0.15, -0.1) is 13.2 Å². The second kappa shape index (κ2) is 45.5. The molecule has 790 valence electrons. The largest absolute Gasteiger partial charge is 0.460 e. The summed E-state index contributed by atoms with van der Waals surface area (Å²) < 4.78 is 22.6. The zero-order valence-corrected chi connectivity index (χ0v) is 88.5. The van der Waals surface area contributed by atoms with Crippen LogP contribution in [-0.2, 0) is 90.9 Å². The summed E-state index contributed by atoms with van der Waals surface area (Å²) in [4.78, 5) is 244. The number of urea groups is 3. The van der Waals surface area contributed by atoms with Gasteiger partial charge in [-0.25, -0.2) is 28.8 Å². The molecular formula is C104H167N15O22. The maximum atomic E-state index is 14.4. The molecule has 37 heteroatoms. The van der Waals surface area contributed by atoms with Gasteiger partial charge >= 0.3 is 36.0 Å². The minimum atomic E-state index is -1.11. The third-order valence-electron chi connectivity index (χ3n) is 30.9. The monoisotopic (exact) mass is 1980 g/mol. The molecule has 7 saturated carbocycles. The fourth-order valence-electron chi connectivity index (χ4n) is 21.0. The summed E-state index contributed by atoms with van der Waals surface area (Å²) >= 11 is 0. The molecule has 11 fully saturated rings. The number of piperidine rings is 3. The second-order valence-electron chi connectivity index (χ2n) is 48.7. The molecule has 19 atom stereocenters. The van der Waals surface area contributed by atoms with E-state index >= 15 is 0 Å². The number of ketones is 3. The van der Waals surface area contributed by atoms with E-state index < -0.39 is 206 Å². The maximum absolute atomic E-state index is 14.4. The number of ether oxygens (including phenoxy) is 4. The minimum Gasteiger partial charge on any atom is -0.460 e. The van der Waals surface area contributed by atoms with Crippen molar-refractivity contribution in [1.29, 1.82) is 0 Å². The van der Waals surface area contributed by atoms with E-state index in [1.165, 1.54) is 26.9 Å². The lowest BCUT2D eigenvalue weighted by Gasteiger charge is -2.38. The van der Waals surface area contributed by atoms with Gasteiger partial charge < -0.3 is 97.9 Å². The van der Waals surface area contributed by atoms with Crippen molar-refractivity contribution in [2.24, 2.45) is 115 Å². The number of carbonyl (C=O) groups excluding carboxylic acids is 18. The van der Waals surface area contributed by atoms with Crippen molar-refractivity contribution in [3.63, 3.8) is 0 Å². The van der Waals surface area contributed by atoms with Crippen LogP contribution in [0.5, 0.6) is 0 Å². The number of rotatable bonds is 43. The van der Waals surface area contributed by atoms with Crippen molar-refractivity contribution in [2.75, 3.05) is 45.9 Å². The molecule has 13 N–H and O–H groups in total. The molecule has 0 bridgehead atoms. The summed E-state index contributed by atoms with van der Waals surface area (Å²) in [5, 5.41) is 30.0. The van der Waals surface area contributed by atoms with Crippen LogP contribution in [0.25, 0.3) is 0 Å². The van der Waals surface area contributed by atoms with Gasteiger partial charge in [0.05, 0.1) is 31.3 Å². The van der Waals surface area contributed by atoms with Gasteiger partial charge in [-0.2, -0.15) is 0 Å². The Kier molecular flexibility index (Phi) is 36.9. The molecule has 0 aromatic heterocycles. The van der Waals surface area contributed by atoms with E-state index in [2.05, 4.69) is 85.5 Å². The Balaban J connectivity index is 0.000000236. The van der Waals surface area contributed by atoms with Gasteiger partial charge in [-0.1, -0.05) is 210 Å². The predicted molar refractivity (Wildman–Crippen MR) is 526 cm³/mol. The lowest BCUT2D eigenvalue weighted by atomic mass is 9.85. The number of hydrogen-bond donors (Lipinski definition) is 12. The Morgan fingerprint density at radius 3 is 1.12 bits per heavy atom. The Hall–Kier alpha value is -10.1. The predicted octanol–water partition coefficient (Wildman–Crippen LogP) is 7.85. The number of unbranched alkanes of at least 4 members (excludes halogenated alkanes) is 1. The Morgan fingerprint density at radius 2 is 0.801 bits per heavy atom. The number of Topliss-reactive ketones (excluding diaryl/α,β-unsaturated/α-hetero) is 3. The topological polar surface area (TPSA) is 512 Å². The van der Waals surface area contributed by atoms with Gasteiger partial charge in [0.1, 0.15) is 72.2 Å². The average molecular weight is 1980 g/mol. The summed E-state index contributed by atoms with van der Waals surface area (Å²) in [6.07, 6.45) is 13.8. The Bertz CT molecular complexity index is 4650. The van der Waals surface area contributed by atoms with Crippen LogP contribution < -0.4 is 64.2 Å². The first-order valence-electron chi connectivity index (χ1n) is 51.3. The van der Waals surface area contributed by atoms with Crippen LogP contribution >= 0.6 is 0 Å². The fourth-order valence-corrected chi connectivity index (χ4v) is 21.0. The molecule has 11 aliphatic rings. The van der Waals surface area contributed by atoms with Crippen LogP contribution in [0.1, 0.15) is 276 Å². The quantitative estimate of drug-likeness (QED) is 0.0120. The van der Waals surface area contributed by atoms with Gasteiger partial charge in [0, 0.05) is 39.1 Å². The summed E-state index contributed by atoms with van der Waals surface area (Å²) in [6, 6.07) is -13.8. The van der Waals surface area contributed by atoms with Gasteiger partial charge in [-0.3, -0.25) is 57.5 Å². The lowest BCUT2D eigenvalue weighted by molar-refractivity contribution is -0.162. The molecular weight excluding hydrogens is 1810 g/mol. The Labute approximate surface area is 833 Å². The molecule has 4 heterocycles. The van der Waals surface area contributed by atoms with Crippen molar-refractivity contribution in [1.82, 2.24) is 73.2 Å². The number of nitrogens with zero attached hydrogens (tertiary/aromatic N) is 3. The fraction of sp³-hybridized carbons (Fsp3) is 0.788. The zero-order chi connectivity index (χ0) is 106. The van der Waals surface area contributed by atoms with E-state index in [1.807, 2.05) is 125 Å². The molecule has 0 spiro atoms. The molecule has 141 heavy (non-hydrogen) atoms. The van der Waals surface area contributed by atoms with Crippen LogP contribution in [0.4, 0.5) is 14.4 Å². The van der Waals surface area contributed by atoms with Gasteiger partial charge in [0.25, 0.3) is 17.7 Å². The van der Waals surface area contributed by atoms with Crippen LogP contribution in [0.15, 0.2) is 25.3 Å². The lowest BCUT2D eigenvalue weighted by Crippen LogP contribution is -2.62. The number of primary amides is 1. The molecule has 15 amide bonds. The first kappa shape index (κ1) is 114. The van der Waals surface area contributed by atoms with Crippen molar-refractivity contribution in [3.05, 3.63) is 25.3 Å². The summed E-state index contributed by atoms with van der Waals surface area (Å²) in [7, 11) is 0. The summed E-state index contributed by atoms with van der Waals surface area (Å²) in [6.45, 7) is 58.0. The molecule has 11 rings (SSSR count). The molecule has 7 aliphatic carbocycles. The van der Waals surface area contributed by atoms with Crippen molar-refractivity contribution >= 4 is 107 Å². The van der Waals surface area contributed by atoms with Crippen LogP contribution in [-0.4, -0.2) is 257 Å². The molecule has 0 radical (unpaired) electrons. The summed E-state index contributed by atoms with van der Waals surface area (Å²) in [5.74, 6) is -8.90. The maximum Gasteiger partial charge on any atom is 0.329 e. The number of hydrogen-bond acceptors (Lipinski definition) is 22. The highest BCUT2D eigenvalue weighted by atomic mass is 16.6. The van der Waals surface area contributed by atoms with E-state index in [9.17, 15) is 86.3 Å². The molecule has 4 unspecified atom stereocenters. The standard InChI is InChI=1S/C37H59N5O7.C35H57N5O7.C32H51N5O8/c1-10-12-13-24(28(43)32(45)38-18-11-2)39-31(44)27-25-23(37(25,8)9)19-42(27)33(46)30(36(5,6)7)41-35(48)40-26(20(3)4)34(47)49-29(21-14-15-21)22-16-17-22;1-12-14-22(26(41)29(43)36-17-13-2)37-28(42)25-23-21(34(23,8)9)18-40(25)30(44)27(33(5,6)7)39-32(46)38-24(19(3)4)31(45)47-35(10,11)20-15-16-20;1-30(2,3)23(35-29(43)36-24(31(4,5)6)28(42)45-17-11-12-44-15-17)27(41)37-14-18-20(32(18,7)8)21(37)26(40)34-19(13-16-9-10-16)22(38)25(33)39/h11,20-27,29-30H,2,10,12-19H2,1,3-9H3,(H,38,45)(H,39,44)(H2,40,41,48);13,19-25,27H,2,12,14-18H2,1,3-11H3,(H,36,43)(H,37,42)(H2,38,39,46);16-21,23-24H,9-15H2,1-8H3,(H2,33,39)(H,34,40)(H2,35,36,43)/t23-,24?,25-,26-,27-,30+;21-,22?,23-,24-,25-,27+;17?,18-,19?,20-,21-,23+,24+/m000/s1. The minimum absolute atomic E-state index is 0.0555. The average Bonchev–Trinajstić information content (AvgIpc) is 1.53. The number of likely N-dealkylation sites (tertiary alicyclic amines) is 3. The van der Waals surface area contributed by atoms with E-state index in [1.54, 1.807) is 41.5 Å². The van der Waals surface area contributed by atoms with Crippen LogP contribution in [0.2, 0.25) is 0 Å². The Morgan fingerprint density at radius 1 is 0.440 bits per heavy atom. The van der Waals surface area contributed by atoms with E-state index in [0.29, 0.717) is 76.3 Å². The third-order valence-corrected chi connectivity index (χ3v) is 30.9. The van der Waals surface area contributed by atoms with E-state index in [-0.39, 0.29) is 108 Å². The van der Waals surface area contributed by atoms with Crippen molar-refractivity contribution in [3.8, 4) is 0 Å². The number of nitrogens with two attached hydrogens (primary N) is 1. The van der Waals surface area contributed by atoms with E-state index in [4.69, 9.17) is 24.7 Å².